The van der Waals surface area contributed by atoms with Crippen LogP contribution in [0.4, 0.5) is 19.0 Å². The predicted octanol–water partition coefficient (Wildman–Crippen LogP) is 5.21. The molecule has 1 amide bonds. The normalized spacial score (nSPS) is 11.7. The lowest BCUT2D eigenvalue weighted by atomic mass is 10.0. The van der Waals surface area contributed by atoms with Gasteiger partial charge < -0.3 is 10.4 Å². The Bertz CT molecular complexity index is 1590. The number of imidazole rings is 1. The molecule has 0 atom stereocenters. The number of amides is 1. The molecule has 0 spiro atoms. The van der Waals surface area contributed by atoms with Crippen LogP contribution in [0, 0.1) is 0 Å². The maximum atomic E-state index is 13.7. The highest BCUT2D eigenvalue weighted by Crippen LogP contribution is 2.37. The van der Waals surface area contributed by atoms with Crippen LogP contribution in [-0.2, 0) is 19.6 Å². The zero-order valence-corrected chi connectivity index (χ0v) is 19.7. The number of nitrogens with one attached hydrogen (secondary N) is 1. The summed E-state index contributed by atoms with van der Waals surface area (Å²) in [6, 6.07) is 17.6. The Balaban J connectivity index is 1.58. The molecule has 0 fully saturated rings. The monoisotopic (exact) mass is 505 g/mol. The molecule has 0 saturated carbocycles. The van der Waals surface area contributed by atoms with Crippen molar-refractivity contribution in [2.45, 2.75) is 12.6 Å². The van der Waals surface area contributed by atoms with Gasteiger partial charge in [-0.05, 0) is 48.4 Å². The third-order valence-corrected chi connectivity index (χ3v) is 5.95. The molecule has 0 unspecified atom stereocenters. The predicted molar refractivity (Wildman–Crippen MR) is 133 cm³/mol. The van der Waals surface area contributed by atoms with Crippen molar-refractivity contribution >= 4 is 17.4 Å². The second-order valence-corrected chi connectivity index (χ2v) is 8.50. The molecule has 5 aromatic rings. The van der Waals surface area contributed by atoms with E-state index in [4.69, 9.17) is 4.98 Å². The summed E-state index contributed by atoms with van der Waals surface area (Å²) in [4.78, 5) is 18.1. The Labute approximate surface area is 209 Å². The van der Waals surface area contributed by atoms with E-state index in [1.54, 1.807) is 17.6 Å². The lowest BCUT2D eigenvalue weighted by Crippen LogP contribution is -2.16. The number of pyridine rings is 1. The average Bonchev–Trinajstić information content (AvgIpc) is 3.47. The molecule has 0 bridgehead atoms. The molecule has 7 nitrogen and oxygen atoms in total. The quantitative estimate of drug-likeness (QED) is 0.332. The van der Waals surface area contributed by atoms with Crippen LogP contribution in [0.25, 0.3) is 28.2 Å². The van der Waals surface area contributed by atoms with Crippen LogP contribution in [0.5, 0.6) is 0 Å². The molecule has 0 radical (unpaired) electrons. The Morgan fingerprint density at radius 1 is 1.03 bits per heavy atom. The van der Waals surface area contributed by atoms with Crippen LogP contribution in [0.1, 0.15) is 21.5 Å². The lowest BCUT2D eigenvalue weighted by molar-refractivity contribution is -0.137. The number of alkyl halides is 3. The van der Waals surface area contributed by atoms with Crippen molar-refractivity contribution in [2.75, 3.05) is 11.9 Å². The minimum absolute atomic E-state index is 0.0153. The van der Waals surface area contributed by atoms with Crippen molar-refractivity contribution < 1.29 is 23.1 Å². The van der Waals surface area contributed by atoms with Crippen molar-refractivity contribution in [1.29, 1.82) is 0 Å². The van der Waals surface area contributed by atoms with Gasteiger partial charge in [0.25, 0.3) is 5.91 Å². The van der Waals surface area contributed by atoms with Crippen molar-refractivity contribution in [1.82, 2.24) is 19.2 Å². The third-order valence-electron chi connectivity index (χ3n) is 5.95. The van der Waals surface area contributed by atoms with E-state index < -0.39 is 17.6 Å². The first-order chi connectivity index (χ1) is 17.7. The topological polar surface area (TPSA) is 84.5 Å². The van der Waals surface area contributed by atoms with Crippen LogP contribution >= 0.6 is 0 Å². The third kappa shape index (κ3) is 4.83. The molecule has 0 saturated heterocycles. The van der Waals surface area contributed by atoms with Crippen molar-refractivity contribution in [3.8, 4) is 22.5 Å². The van der Waals surface area contributed by atoms with Gasteiger partial charge in [0.1, 0.15) is 17.2 Å². The number of benzene rings is 2. The van der Waals surface area contributed by atoms with Gasteiger partial charge in [0.15, 0.2) is 0 Å². The van der Waals surface area contributed by atoms with Crippen LogP contribution in [-0.4, -0.2) is 36.8 Å². The zero-order valence-electron chi connectivity index (χ0n) is 19.7. The number of aryl methyl sites for hydroxylation is 1. The number of hydrogen-bond donors (Lipinski definition) is 2. The smallest absolute Gasteiger partial charge is 0.396 e. The van der Waals surface area contributed by atoms with Gasteiger partial charge in [0, 0.05) is 42.7 Å². The van der Waals surface area contributed by atoms with Crippen molar-refractivity contribution in [2.24, 2.45) is 7.05 Å². The van der Waals surface area contributed by atoms with E-state index in [2.05, 4.69) is 10.4 Å². The van der Waals surface area contributed by atoms with Gasteiger partial charge in [-0.3, -0.25) is 13.9 Å². The standard InChI is InChI=1S/C27H22F3N5O2/c1-34-12-10-22(33-34)20-16-19(7-8-21(20)27(28,29)30)26(37)32-25-24(18-5-3-2-4-6-18)31-23-15-17(11-14-36)9-13-35(23)25/h2-10,12-13,15-16,36H,11,14H2,1H3,(H,32,37). The van der Waals surface area contributed by atoms with E-state index >= 15 is 0 Å². The number of anilines is 1. The first kappa shape index (κ1) is 24.3. The van der Waals surface area contributed by atoms with E-state index in [1.165, 1.54) is 23.0 Å². The summed E-state index contributed by atoms with van der Waals surface area (Å²) in [7, 11) is 1.61. The van der Waals surface area contributed by atoms with Gasteiger partial charge in [0.2, 0.25) is 0 Å². The molecule has 2 aromatic carbocycles. The first-order valence-electron chi connectivity index (χ1n) is 11.4. The number of aliphatic hydroxyl groups is 1. The van der Waals surface area contributed by atoms with Crippen LogP contribution < -0.4 is 5.32 Å². The highest BCUT2D eigenvalue weighted by molar-refractivity contribution is 6.06. The van der Waals surface area contributed by atoms with E-state index in [-0.39, 0.29) is 23.4 Å². The van der Waals surface area contributed by atoms with Gasteiger partial charge in [-0.15, -0.1) is 0 Å². The van der Waals surface area contributed by atoms with Gasteiger partial charge in [-0.2, -0.15) is 18.3 Å². The maximum Gasteiger partial charge on any atom is 0.417 e. The fourth-order valence-electron chi connectivity index (χ4n) is 4.17. The second-order valence-electron chi connectivity index (χ2n) is 8.50. The number of aliphatic hydroxyl groups excluding tert-OH is 1. The summed E-state index contributed by atoms with van der Waals surface area (Å²) in [6.45, 7) is -0.0153. The van der Waals surface area contributed by atoms with Crippen LogP contribution in [0.15, 0.2) is 79.1 Å². The average molecular weight is 506 g/mol. The van der Waals surface area contributed by atoms with Crippen molar-refractivity contribution in [3.05, 3.63) is 95.8 Å². The largest absolute Gasteiger partial charge is 0.417 e. The molecule has 5 rings (SSSR count). The molecule has 10 heteroatoms. The Morgan fingerprint density at radius 3 is 2.49 bits per heavy atom. The summed E-state index contributed by atoms with van der Waals surface area (Å²) in [5.74, 6) is -0.217. The van der Waals surface area contributed by atoms with Crippen LogP contribution in [0.2, 0.25) is 0 Å². The highest BCUT2D eigenvalue weighted by Gasteiger charge is 2.34. The van der Waals surface area contributed by atoms with Crippen molar-refractivity contribution in [3.63, 3.8) is 0 Å². The fourth-order valence-corrected chi connectivity index (χ4v) is 4.17. The van der Waals surface area contributed by atoms with Gasteiger partial charge in [-0.1, -0.05) is 30.3 Å². The molecule has 3 heterocycles. The summed E-state index contributed by atoms with van der Waals surface area (Å²) < 4.78 is 44.3. The number of rotatable bonds is 6. The highest BCUT2D eigenvalue weighted by atomic mass is 19.4. The van der Waals surface area contributed by atoms with Gasteiger partial charge in [-0.25, -0.2) is 4.98 Å². The summed E-state index contributed by atoms with van der Waals surface area (Å²) >= 11 is 0. The Hall–Kier alpha value is -4.44. The maximum absolute atomic E-state index is 13.7. The molecular formula is C27H22F3N5O2. The molecule has 37 heavy (non-hydrogen) atoms. The Morgan fingerprint density at radius 2 is 1.81 bits per heavy atom. The summed E-state index contributed by atoms with van der Waals surface area (Å²) in [6.07, 6.45) is -0.886. The first-order valence-corrected chi connectivity index (χ1v) is 11.4. The lowest BCUT2D eigenvalue weighted by Gasteiger charge is -2.14. The molecular weight excluding hydrogens is 483 g/mol. The number of fused-ring (bicyclic) bond motifs is 1. The minimum Gasteiger partial charge on any atom is -0.396 e. The summed E-state index contributed by atoms with van der Waals surface area (Å²) in [5, 5.41) is 16.2. The SMILES string of the molecule is Cn1ccc(-c2cc(C(=O)Nc3c(-c4ccccc4)nc4cc(CCO)ccn34)ccc2C(F)(F)F)n1. The number of aromatic nitrogens is 4. The molecule has 2 N–H and O–H groups in total. The van der Waals surface area contributed by atoms with Crippen LogP contribution in [0.3, 0.4) is 0 Å². The van der Waals surface area contributed by atoms with E-state index in [0.29, 0.717) is 23.6 Å². The molecule has 0 aliphatic rings. The number of halogens is 3. The van der Waals surface area contributed by atoms with Gasteiger partial charge in [0.05, 0.1) is 11.3 Å². The van der Waals surface area contributed by atoms with Gasteiger partial charge >= 0.3 is 6.18 Å². The van der Waals surface area contributed by atoms with E-state index in [1.807, 2.05) is 42.5 Å². The molecule has 3 aromatic heterocycles. The number of carbonyl (C=O) groups excluding carboxylic acids is 1. The fraction of sp³-hybridized carbons (Fsp3) is 0.148. The number of carbonyl (C=O) groups is 1. The molecule has 0 aliphatic heterocycles. The second kappa shape index (κ2) is 9.55. The number of nitrogens with zero attached hydrogens (tertiary/aromatic N) is 4. The summed E-state index contributed by atoms with van der Waals surface area (Å²) in [5.41, 5.74) is 1.79. The zero-order chi connectivity index (χ0) is 26.2. The number of hydrogen-bond acceptors (Lipinski definition) is 4. The molecule has 188 valence electrons. The van der Waals surface area contributed by atoms with E-state index in [9.17, 15) is 23.1 Å². The molecule has 0 aliphatic carbocycles. The van der Waals surface area contributed by atoms with E-state index in [0.717, 1.165) is 23.3 Å². The minimum atomic E-state index is -4.61. The Kier molecular flexibility index (Phi) is 6.26.